The zero-order valence-corrected chi connectivity index (χ0v) is 22.4. The highest BCUT2D eigenvalue weighted by Gasteiger charge is 2.20. The number of halogens is 1. The number of rotatable bonds is 18. The van der Waals surface area contributed by atoms with Crippen molar-refractivity contribution in [3.05, 3.63) is 22.7 Å². The molecule has 0 radical (unpaired) electrons. The molecule has 0 fully saturated rings. The summed E-state index contributed by atoms with van der Waals surface area (Å²) in [6.45, 7) is -2.88. The summed E-state index contributed by atoms with van der Waals surface area (Å²) in [5.41, 5.74) is 0.208. The number of amides is 1. The lowest BCUT2D eigenvalue weighted by Gasteiger charge is -2.28. The Morgan fingerprint density at radius 1 is 0.737 bits per heavy atom. The van der Waals surface area contributed by atoms with Gasteiger partial charge < -0.3 is 25.7 Å². The van der Waals surface area contributed by atoms with Gasteiger partial charge in [0.15, 0.2) is 0 Å². The van der Waals surface area contributed by atoms with Gasteiger partial charge in [-0.25, -0.2) is 13.6 Å². The summed E-state index contributed by atoms with van der Waals surface area (Å²) in [6, 6.07) is 3.67. The van der Waals surface area contributed by atoms with E-state index in [1.165, 1.54) is 23.1 Å². The van der Waals surface area contributed by atoms with E-state index in [9.17, 15) is 32.4 Å². The highest BCUT2D eigenvalue weighted by Crippen LogP contribution is 2.25. The number of hydrogen-bond acceptors (Lipinski definition) is 10. The van der Waals surface area contributed by atoms with Gasteiger partial charge in [0, 0.05) is 30.7 Å². The highest BCUT2D eigenvalue weighted by molar-refractivity contribution is 9.10. The van der Waals surface area contributed by atoms with Gasteiger partial charge in [-0.05, 0) is 34.1 Å². The summed E-state index contributed by atoms with van der Waals surface area (Å²) in [7, 11) is -3.98. The number of nitrogens with two attached hydrogens (primary N) is 1. The molecule has 0 saturated carbocycles. The van der Waals surface area contributed by atoms with Crippen molar-refractivity contribution in [1.82, 2.24) is 14.7 Å². The first kappa shape index (κ1) is 32.9. The number of primary sulfonamides is 1. The van der Waals surface area contributed by atoms with Crippen molar-refractivity contribution in [2.45, 2.75) is 4.90 Å². The molecule has 0 aliphatic heterocycles. The first-order valence-electron chi connectivity index (χ1n) is 10.7. The maximum absolute atomic E-state index is 12.7. The lowest BCUT2D eigenvalue weighted by molar-refractivity contribution is -0.143. The van der Waals surface area contributed by atoms with Crippen LogP contribution in [-0.2, 0) is 34.0 Å². The second kappa shape index (κ2) is 15.3. The van der Waals surface area contributed by atoms with Crippen molar-refractivity contribution >= 4 is 61.4 Å². The van der Waals surface area contributed by atoms with Gasteiger partial charge in [0.2, 0.25) is 15.9 Å². The summed E-state index contributed by atoms with van der Waals surface area (Å²) < 4.78 is 23.2. The smallest absolute Gasteiger partial charge is 0.317 e. The SMILES string of the molecule is NS(=O)(=O)c1ccc(NC(=O)CN(CCN(CC(=O)O)CC(=O)O)CCN(CC(=O)O)CC(=O)O)c(Br)c1. The number of carbonyl (C=O) groups is 5. The molecule has 0 heterocycles. The molecule has 38 heavy (non-hydrogen) atoms. The van der Waals surface area contributed by atoms with Crippen molar-refractivity contribution in [3.63, 3.8) is 0 Å². The zero-order valence-electron chi connectivity index (χ0n) is 19.9. The minimum atomic E-state index is -3.98. The standard InChI is InChI=1S/C20H28BrN5O11S/c21-14-7-13(38(22,36)37)1-2-15(14)23-16(27)8-24(3-5-25(9-17(28)29)10-18(30)31)4-6-26(11-19(32)33)12-20(34)35/h1-2,7H,3-6,8-12H2,(H,23,27)(H,28,29)(H,30,31)(H,32,33)(H,34,35)(H2,22,36,37). The monoisotopic (exact) mass is 625 g/mol. The lowest BCUT2D eigenvalue weighted by atomic mass is 10.3. The van der Waals surface area contributed by atoms with E-state index in [0.29, 0.717) is 0 Å². The average Bonchev–Trinajstić information content (AvgIpc) is 2.74. The molecule has 212 valence electrons. The molecule has 7 N–H and O–H groups in total. The molecule has 0 aliphatic carbocycles. The summed E-state index contributed by atoms with van der Waals surface area (Å²) >= 11 is 3.14. The largest absolute Gasteiger partial charge is 0.480 e. The van der Waals surface area contributed by atoms with Crippen molar-refractivity contribution in [2.75, 3.05) is 64.2 Å². The van der Waals surface area contributed by atoms with Gasteiger partial charge in [0.05, 0.1) is 43.3 Å². The van der Waals surface area contributed by atoms with Gasteiger partial charge >= 0.3 is 23.9 Å². The second-order valence-electron chi connectivity index (χ2n) is 8.01. The Hall–Kier alpha value is -3.16. The lowest BCUT2D eigenvalue weighted by Crippen LogP contribution is -2.46. The average molecular weight is 626 g/mol. The Bertz CT molecular complexity index is 1080. The number of aliphatic carboxylic acids is 4. The topological polar surface area (TPSA) is 248 Å². The van der Waals surface area contributed by atoms with E-state index in [4.69, 9.17) is 25.6 Å². The molecule has 1 amide bonds. The minimum Gasteiger partial charge on any atom is -0.480 e. The highest BCUT2D eigenvalue weighted by atomic mass is 79.9. The van der Waals surface area contributed by atoms with E-state index in [2.05, 4.69) is 21.2 Å². The summed E-state index contributed by atoms with van der Waals surface area (Å²) in [5.74, 6) is -5.66. The Balaban J connectivity index is 3.02. The number of sulfonamides is 1. The van der Waals surface area contributed by atoms with E-state index >= 15 is 0 Å². The molecule has 0 spiro atoms. The maximum atomic E-state index is 12.7. The molecule has 18 heteroatoms. The Morgan fingerprint density at radius 3 is 1.47 bits per heavy atom. The summed E-state index contributed by atoms with van der Waals surface area (Å²) in [6.07, 6.45) is 0. The zero-order chi connectivity index (χ0) is 29.0. The normalized spacial score (nSPS) is 11.6. The fourth-order valence-electron chi connectivity index (χ4n) is 3.20. The van der Waals surface area contributed by atoms with Gasteiger partial charge in [-0.15, -0.1) is 0 Å². The molecule has 16 nitrogen and oxygen atoms in total. The van der Waals surface area contributed by atoms with Crippen LogP contribution in [0.1, 0.15) is 0 Å². The van der Waals surface area contributed by atoms with Gasteiger partial charge in [0.1, 0.15) is 0 Å². The van der Waals surface area contributed by atoms with Crippen LogP contribution in [0.3, 0.4) is 0 Å². The van der Waals surface area contributed by atoms with Crippen molar-refractivity contribution in [2.24, 2.45) is 5.14 Å². The molecule has 0 aliphatic rings. The molecule has 1 rings (SSSR count). The van der Waals surface area contributed by atoms with Crippen molar-refractivity contribution in [1.29, 1.82) is 0 Å². The van der Waals surface area contributed by atoms with Crippen LogP contribution in [-0.4, -0.2) is 132 Å². The molecule has 0 bridgehead atoms. The molecular weight excluding hydrogens is 598 g/mol. The molecule has 0 atom stereocenters. The molecule has 1 aromatic carbocycles. The molecule has 1 aromatic rings. The van der Waals surface area contributed by atoms with Gasteiger partial charge in [-0.2, -0.15) is 0 Å². The number of carbonyl (C=O) groups excluding carboxylic acids is 1. The third-order valence-electron chi connectivity index (χ3n) is 4.81. The number of hydrogen-bond donors (Lipinski definition) is 6. The van der Waals surface area contributed by atoms with Crippen LogP contribution in [0.2, 0.25) is 0 Å². The Labute approximate surface area is 225 Å². The maximum Gasteiger partial charge on any atom is 0.317 e. The van der Waals surface area contributed by atoms with Gasteiger partial charge in [0.25, 0.3) is 0 Å². The number of anilines is 1. The van der Waals surface area contributed by atoms with Crippen LogP contribution in [0.15, 0.2) is 27.6 Å². The first-order valence-corrected chi connectivity index (χ1v) is 13.1. The Kier molecular flexibility index (Phi) is 13.2. The van der Waals surface area contributed by atoms with E-state index in [-0.39, 0.29) is 47.8 Å². The third kappa shape index (κ3) is 13.4. The Morgan fingerprint density at radius 2 is 1.13 bits per heavy atom. The summed E-state index contributed by atoms with van der Waals surface area (Å²) in [5, 5.41) is 43.8. The first-order chi connectivity index (χ1) is 17.6. The molecule has 0 saturated heterocycles. The number of nitrogens with one attached hydrogen (secondary N) is 1. The fraction of sp³-hybridized carbons (Fsp3) is 0.450. The predicted molar refractivity (Wildman–Crippen MR) is 134 cm³/mol. The third-order valence-corrected chi connectivity index (χ3v) is 6.38. The fourth-order valence-corrected chi connectivity index (χ4v) is 4.37. The van der Waals surface area contributed by atoms with Crippen LogP contribution >= 0.6 is 15.9 Å². The van der Waals surface area contributed by atoms with Gasteiger partial charge in [-0.3, -0.25) is 38.7 Å². The van der Waals surface area contributed by atoms with E-state index in [1.807, 2.05) is 0 Å². The summed E-state index contributed by atoms with van der Waals surface area (Å²) in [4.78, 5) is 60.5. The second-order valence-corrected chi connectivity index (χ2v) is 10.4. The minimum absolute atomic E-state index is 0.0203. The molecular formula is C20H28BrN5O11S. The van der Waals surface area contributed by atoms with E-state index in [1.54, 1.807) is 0 Å². The van der Waals surface area contributed by atoms with Crippen molar-refractivity contribution < 1.29 is 52.8 Å². The van der Waals surface area contributed by atoms with Crippen LogP contribution in [0.25, 0.3) is 0 Å². The molecule has 0 unspecified atom stereocenters. The number of carboxylic acids is 4. The van der Waals surface area contributed by atoms with Crippen LogP contribution < -0.4 is 10.5 Å². The van der Waals surface area contributed by atoms with E-state index < -0.39 is 66.0 Å². The van der Waals surface area contributed by atoms with Gasteiger partial charge in [-0.1, -0.05) is 0 Å². The van der Waals surface area contributed by atoms with Crippen LogP contribution in [0.4, 0.5) is 5.69 Å². The number of carboxylic acid groups (broad SMARTS) is 4. The van der Waals surface area contributed by atoms with Crippen LogP contribution in [0, 0.1) is 0 Å². The van der Waals surface area contributed by atoms with Crippen LogP contribution in [0.5, 0.6) is 0 Å². The molecule has 0 aromatic heterocycles. The predicted octanol–water partition coefficient (Wildman–Crippen LogP) is -1.72. The quantitative estimate of drug-likeness (QED) is 0.106. The number of benzene rings is 1. The van der Waals surface area contributed by atoms with Crippen molar-refractivity contribution in [3.8, 4) is 0 Å². The van der Waals surface area contributed by atoms with E-state index in [0.717, 1.165) is 9.80 Å². The number of nitrogens with zero attached hydrogens (tertiary/aromatic N) is 3.